The summed E-state index contributed by atoms with van der Waals surface area (Å²) in [6, 6.07) is 6.59. The van der Waals surface area contributed by atoms with Crippen LogP contribution in [0, 0.1) is 0 Å². The quantitative estimate of drug-likeness (QED) is 0.770. The fraction of sp³-hybridized carbons (Fsp3) is 0.579. The summed E-state index contributed by atoms with van der Waals surface area (Å²) in [5.41, 5.74) is 3.78. The molecule has 0 N–H and O–H groups in total. The van der Waals surface area contributed by atoms with E-state index in [4.69, 9.17) is 4.74 Å². The summed E-state index contributed by atoms with van der Waals surface area (Å²) >= 11 is 0. The van der Waals surface area contributed by atoms with E-state index in [2.05, 4.69) is 63.1 Å². The second-order valence-electron chi connectivity index (χ2n) is 6.99. The zero-order chi connectivity index (χ0) is 16.9. The Labute approximate surface area is 139 Å². The fourth-order valence-corrected chi connectivity index (χ4v) is 2.46. The molecule has 0 aliphatic rings. The zero-order valence-corrected chi connectivity index (χ0v) is 15.1. The molecule has 0 saturated carbocycles. The molecule has 126 valence electrons. The third kappa shape index (κ3) is 4.81. The van der Waals surface area contributed by atoms with Crippen LogP contribution in [0.3, 0.4) is 0 Å². The molecular formula is C19H29N3O. The molecule has 0 aliphatic carbocycles. The summed E-state index contributed by atoms with van der Waals surface area (Å²) < 4.78 is 7.80. The van der Waals surface area contributed by atoms with Gasteiger partial charge in [-0.15, -0.1) is 5.10 Å². The molecule has 0 fully saturated rings. The molecule has 0 radical (unpaired) electrons. The van der Waals surface area contributed by atoms with Crippen molar-refractivity contribution in [3.63, 3.8) is 0 Å². The Morgan fingerprint density at radius 1 is 1.13 bits per heavy atom. The molecule has 4 nitrogen and oxygen atoms in total. The van der Waals surface area contributed by atoms with Gasteiger partial charge in [0.05, 0.1) is 12.3 Å². The number of ether oxygens (including phenoxy) is 1. The Balaban J connectivity index is 2.18. The van der Waals surface area contributed by atoms with Crippen LogP contribution in [-0.2, 0) is 24.8 Å². The highest BCUT2D eigenvalue weighted by atomic mass is 16.5. The molecule has 0 bridgehead atoms. The molecule has 0 amide bonds. The first-order valence-electron chi connectivity index (χ1n) is 8.59. The van der Waals surface area contributed by atoms with Crippen molar-refractivity contribution in [3.8, 4) is 5.75 Å². The maximum Gasteiger partial charge on any atom is 0.122 e. The van der Waals surface area contributed by atoms with Gasteiger partial charge in [-0.3, -0.25) is 4.68 Å². The molecule has 1 heterocycles. The molecule has 0 spiro atoms. The molecule has 0 saturated heterocycles. The minimum Gasteiger partial charge on any atom is -0.493 e. The van der Waals surface area contributed by atoms with Crippen LogP contribution in [0.2, 0.25) is 0 Å². The van der Waals surface area contributed by atoms with E-state index in [1.807, 2.05) is 10.9 Å². The van der Waals surface area contributed by atoms with Crippen molar-refractivity contribution in [1.82, 2.24) is 15.0 Å². The lowest BCUT2D eigenvalue weighted by molar-refractivity contribution is 0.314. The van der Waals surface area contributed by atoms with Gasteiger partial charge in [0.1, 0.15) is 5.75 Å². The van der Waals surface area contributed by atoms with E-state index in [9.17, 15) is 0 Å². The average molecular weight is 315 g/mol. The van der Waals surface area contributed by atoms with Crippen LogP contribution in [0.1, 0.15) is 57.9 Å². The normalized spacial score (nSPS) is 11.7. The number of rotatable bonds is 7. The fourth-order valence-electron chi connectivity index (χ4n) is 2.46. The molecule has 0 unspecified atom stereocenters. The Bertz CT molecular complexity index is 626. The smallest absolute Gasteiger partial charge is 0.122 e. The molecule has 0 atom stereocenters. The lowest BCUT2D eigenvalue weighted by Crippen LogP contribution is -2.12. The van der Waals surface area contributed by atoms with E-state index >= 15 is 0 Å². The standard InChI is InChI=1S/C19H29N3O/c1-6-12-23-18-11-9-16(19(3,4)5)13-15(18)8-10-17-14-22(7-2)21-20-17/h9,11,13-14H,6-8,10,12H2,1-5H3. The highest BCUT2D eigenvalue weighted by molar-refractivity contribution is 5.40. The molecular weight excluding hydrogens is 286 g/mol. The first-order valence-corrected chi connectivity index (χ1v) is 8.59. The summed E-state index contributed by atoms with van der Waals surface area (Å²) in [6.45, 7) is 12.5. The topological polar surface area (TPSA) is 39.9 Å². The number of aromatic nitrogens is 3. The Morgan fingerprint density at radius 3 is 2.52 bits per heavy atom. The van der Waals surface area contributed by atoms with Crippen LogP contribution >= 0.6 is 0 Å². The van der Waals surface area contributed by atoms with Gasteiger partial charge in [-0.2, -0.15) is 0 Å². The van der Waals surface area contributed by atoms with Crippen molar-refractivity contribution < 1.29 is 4.74 Å². The second-order valence-corrected chi connectivity index (χ2v) is 6.99. The van der Waals surface area contributed by atoms with Gasteiger partial charge in [0.15, 0.2) is 0 Å². The third-order valence-electron chi connectivity index (χ3n) is 3.95. The van der Waals surface area contributed by atoms with Gasteiger partial charge < -0.3 is 4.74 Å². The van der Waals surface area contributed by atoms with E-state index in [1.165, 1.54) is 11.1 Å². The maximum absolute atomic E-state index is 5.93. The van der Waals surface area contributed by atoms with Gasteiger partial charge in [0, 0.05) is 12.7 Å². The van der Waals surface area contributed by atoms with Crippen molar-refractivity contribution in [1.29, 1.82) is 0 Å². The van der Waals surface area contributed by atoms with Crippen LogP contribution in [0.5, 0.6) is 5.75 Å². The van der Waals surface area contributed by atoms with Gasteiger partial charge in [-0.25, -0.2) is 0 Å². The molecule has 0 aliphatic heterocycles. The van der Waals surface area contributed by atoms with Crippen molar-refractivity contribution in [3.05, 3.63) is 41.2 Å². The van der Waals surface area contributed by atoms with Crippen LogP contribution < -0.4 is 4.74 Å². The third-order valence-corrected chi connectivity index (χ3v) is 3.95. The van der Waals surface area contributed by atoms with E-state index in [1.54, 1.807) is 0 Å². The van der Waals surface area contributed by atoms with E-state index in [0.717, 1.165) is 43.9 Å². The summed E-state index contributed by atoms with van der Waals surface area (Å²) in [5.74, 6) is 1.00. The van der Waals surface area contributed by atoms with Gasteiger partial charge in [-0.1, -0.05) is 45.0 Å². The first-order chi connectivity index (χ1) is 10.9. The van der Waals surface area contributed by atoms with Crippen LogP contribution in [0.15, 0.2) is 24.4 Å². The molecule has 23 heavy (non-hydrogen) atoms. The number of hydrogen-bond acceptors (Lipinski definition) is 3. The Morgan fingerprint density at radius 2 is 1.91 bits per heavy atom. The Hall–Kier alpha value is -1.84. The monoisotopic (exact) mass is 315 g/mol. The summed E-state index contributed by atoms with van der Waals surface area (Å²) in [4.78, 5) is 0. The number of nitrogens with zero attached hydrogens (tertiary/aromatic N) is 3. The van der Waals surface area contributed by atoms with Crippen LogP contribution in [0.4, 0.5) is 0 Å². The van der Waals surface area contributed by atoms with Gasteiger partial charge >= 0.3 is 0 Å². The SMILES string of the molecule is CCCOc1ccc(C(C)(C)C)cc1CCc1cn(CC)nn1. The molecule has 1 aromatic heterocycles. The van der Waals surface area contributed by atoms with Crippen LogP contribution in [-0.4, -0.2) is 21.6 Å². The minimum absolute atomic E-state index is 0.142. The predicted molar refractivity (Wildman–Crippen MR) is 94.0 cm³/mol. The highest BCUT2D eigenvalue weighted by Crippen LogP contribution is 2.29. The van der Waals surface area contributed by atoms with Crippen LogP contribution in [0.25, 0.3) is 0 Å². The number of benzene rings is 1. The van der Waals surface area contributed by atoms with Crippen molar-refractivity contribution in [2.24, 2.45) is 0 Å². The van der Waals surface area contributed by atoms with E-state index in [-0.39, 0.29) is 5.41 Å². The summed E-state index contributed by atoms with van der Waals surface area (Å²) in [7, 11) is 0. The lowest BCUT2D eigenvalue weighted by atomic mass is 9.85. The first kappa shape index (κ1) is 17.5. The maximum atomic E-state index is 5.93. The molecule has 4 heteroatoms. The zero-order valence-electron chi connectivity index (χ0n) is 15.1. The lowest BCUT2D eigenvalue weighted by Gasteiger charge is -2.21. The van der Waals surface area contributed by atoms with Gasteiger partial charge in [-0.05, 0) is 48.8 Å². The summed E-state index contributed by atoms with van der Waals surface area (Å²) in [6.07, 6.45) is 4.85. The second kappa shape index (κ2) is 7.62. The largest absolute Gasteiger partial charge is 0.493 e. The highest BCUT2D eigenvalue weighted by Gasteiger charge is 2.16. The summed E-state index contributed by atoms with van der Waals surface area (Å²) in [5, 5.41) is 8.35. The van der Waals surface area contributed by atoms with Crippen molar-refractivity contribution >= 4 is 0 Å². The van der Waals surface area contributed by atoms with Crippen molar-refractivity contribution in [2.45, 2.75) is 65.8 Å². The van der Waals surface area contributed by atoms with Gasteiger partial charge in [0.25, 0.3) is 0 Å². The minimum atomic E-state index is 0.142. The molecule has 2 rings (SSSR count). The predicted octanol–water partition coefficient (Wildman–Crippen LogP) is 4.17. The number of aryl methyl sites for hydroxylation is 3. The average Bonchev–Trinajstić information content (AvgIpc) is 2.98. The number of hydrogen-bond donors (Lipinski definition) is 0. The van der Waals surface area contributed by atoms with E-state index < -0.39 is 0 Å². The molecule has 1 aromatic carbocycles. The molecule has 2 aromatic rings. The van der Waals surface area contributed by atoms with Crippen molar-refractivity contribution in [2.75, 3.05) is 6.61 Å². The Kier molecular flexibility index (Phi) is 5.80. The van der Waals surface area contributed by atoms with E-state index in [0.29, 0.717) is 0 Å². The van der Waals surface area contributed by atoms with Gasteiger partial charge in [0.2, 0.25) is 0 Å².